The Morgan fingerprint density at radius 3 is 2.88 bits per heavy atom. The van der Waals surface area contributed by atoms with Crippen molar-refractivity contribution in [3.05, 3.63) is 12.2 Å². The zero-order valence-electron chi connectivity index (χ0n) is 10.6. The van der Waals surface area contributed by atoms with Crippen LogP contribution in [0.5, 0.6) is 0 Å². The highest BCUT2D eigenvalue weighted by atomic mass is 127. The Bertz CT molecular complexity index is 348. The second-order valence-corrected chi connectivity index (χ2v) is 3.65. The van der Waals surface area contributed by atoms with Gasteiger partial charge >= 0.3 is 0 Å². The van der Waals surface area contributed by atoms with Crippen molar-refractivity contribution in [2.75, 3.05) is 0 Å². The summed E-state index contributed by atoms with van der Waals surface area (Å²) >= 11 is 0. The first kappa shape index (κ1) is 16.1. The number of guanidine groups is 1. The molecule has 98 valence electrons. The number of aliphatic imine (C=N–C) groups is 1. The minimum absolute atomic E-state index is 0. The molecule has 0 aromatic carbocycles. The van der Waals surface area contributed by atoms with Gasteiger partial charge in [-0.15, -0.1) is 24.0 Å². The number of hydrogen-bond donors (Lipinski definition) is 2. The van der Waals surface area contributed by atoms with Crippen molar-refractivity contribution in [1.82, 2.24) is 20.1 Å². The molecule has 1 heterocycles. The normalized spacial score (nSPS) is 13.0. The largest absolute Gasteiger partial charge is 0.370 e. The fraction of sp³-hybridized carbons (Fsp3) is 0.700. The number of nitrogens with one attached hydrogen (secondary N) is 1. The van der Waals surface area contributed by atoms with E-state index in [9.17, 15) is 0 Å². The fourth-order valence-electron chi connectivity index (χ4n) is 1.23. The van der Waals surface area contributed by atoms with Crippen molar-refractivity contribution in [1.29, 1.82) is 0 Å². The molecule has 7 heteroatoms. The van der Waals surface area contributed by atoms with Gasteiger partial charge in [0, 0.05) is 12.6 Å². The monoisotopic (exact) mass is 352 g/mol. The summed E-state index contributed by atoms with van der Waals surface area (Å²) in [4.78, 5) is 8.34. The standard InChI is InChI=1S/C10H20N6.HI/c1-4-8(3)15-10(11)12-6-9-13-7-14-16(9)5-2;/h7-8H,4-6H2,1-3H3,(H3,11,12,15);1H. The Balaban J connectivity index is 0.00000256. The molecule has 1 atom stereocenters. The lowest BCUT2D eigenvalue weighted by molar-refractivity contribution is 0.611. The average Bonchev–Trinajstić information content (AvgIpc) is 2.73. The zero-order chi connectivity index (χ0) is 12.0. The molecular formula is C10H21IN6. The van der Waals surface area contributed by atoms with E-state index in [0.717, 1.165) is 18.8 Å². The Morgan fingerprint density at radius 1 is 1.59 bits per heavy atom. The molecule has 6 nitrogen and oxygen atoms in total. The molecule has 1 aromatic rings. The summed E-state index contributed by atoms with van der Waals surface area (Å²) in [7, 11) is 0. The van der Waals surface area contributed by atoms with E-state index in [1.54, 1.807) is 4.68 Å². The fourth-order valence-corrected chi connectivity index (χ4v) is 1.23. The average molecular weight is 352 g/mol. The number of aromatic nitrogens is 3. The van der Waals surface area contributed by atoms with Gasteiger partial charge in [0.1, 0.15) is 18.7 Å². The van der Waals surface area contributed by atoms with E-state index in [2.05, 4.69) is 34.2 Å². The summed E-state index contributed by atoms with van der Waals surface area (Å²) in [6.45, 7) is 7.44. The van der Waals surface area contributed by atoms with E-state index >= 15 is 0 Å². The third kappa shape index (κ3) is 5.33. The van der Waals surface area contributed by atoms with Crippen LogP contribution in [0.3, 0.4) is 0 Å². The molecule has 0 spiro atoms. The first-order valence-corrected chi connectivity index (χ1v) is 5.60. The van der Waals surface area contributed by atoms with Gasteiger partial charge in [-0.1, -0.05) is 6.92 Å². The number of nitrogens with zero attached hydrogens (tertiary/aromatic N) is 4. The van der Waals surface area contributed by atoms with Crippen LogP contribution in [0.15, 0.2) is 11.3 Å². The van der Waals surface area contributed by atoms with E-state index in [-0.39, 0.29) is 24.0 Å². The molecule has 0 fully saturated rings. The van der Waals surface area contributed by atoms with Crippen molar-refractivity contribution >= 4 is 29.9 Å². The van der Waals surface area contributed by atoms with Crippen LogP contribution in [0.1, 0.15) is 33.0 Å². The summed E-state index contributed by atoms with van der Waals surface area (Å²) in [5.41, 5.74) is 5.74. The van der Waals surface area contributed by atoms with Crippen LogP contribution in [-0.4, -0.2) is 26.8 Å². The van der Waals surface area contributed by atoms with Crippen LogP contribution in [0.25, 0.3) is 0 Å². The van der Waals surface area contributed by atoms with Crippen molar-refractivity contribution in [2.24, 2.45) is 10.7 Å². The van der Waals surface area contributed by atoms with E-state index in [1.165, 1.54) is 6.33 Å². The van der Waals surface area contributed by atoms with Gasteiger partial charge in [0.15, 0.2) is 5.96 Å². The first-order chi connectivity index (χ1) is 7.67. The van der Waals surface area contributed by atoms with Crippen molar-refractivity contribution in [3.8, 4) is 0 Å². The summed E-state index contributed by atoms with van der Waals surface area (Å²) in [5, 5.41) is 7.16. The highest BCUT2D eigenvalue weighted by molar-refractivity contribution is 14.0. The van der Waals surface area contributed by atoms with Crippen LogP contribution >= 0.6 is 24.0 Å². The van der Waals surface area contributed by atoms with Crippen LogP contribution in [0, 0.1) is 0 Å². The Morgan fingerprint density at radius 2 is 2.29 bits per heavy atom. The highest BCUT2D eigenvalue weighted by Gasteiger charge is 2.02. The second-order valence-electron chi connectivity index (χ2n) is 3.65. The number of rotatable bonds is 5. The summed E-state index contributed by atoms with van der Waals surface area (Å²) in [5.74, 6) is 1.29. The van der Waals surface area contributed by atoms with Gasteiger partial charge in [-0.05, 0) is 20.3 Å². The van der Waals surface area contributed by atoms with Crippen LogP contribution in [0.4, 0.5) is 0 Å². The van der Waals surface area contributed by atoms with Crippen molar-refractivity contribution in [2.45, 2.75) is 46.3 Å². The number of nitrogens with two attached hydrogens (primary N) is 1. The van der Waals surface area contributed by atoms with Gasteiger partial charge in [0.2, 0.25) is 0 Å². The van der Waals surface area contributed by atoms with E-state index < -0.39 is 0 Å². The number of halogens is 1. The van der Waals surface area contributed by atoms with Gasteiger partial charge in [-0.3, -0.25) is 0 Å². The lowest BCUT2D eigenvalue weighted by atomic mass is 10.3. The molecule has 0 radical (unpaired) electrons. The lowest BCUT2D eigenvalue weighted by Gasteiger charge is -2.11. The zero-order valence-corrected chi connectivity index (χ0v) is 12.9. The van der Waals surface area contributed by atoms with E-state index in [4.69, 9.17) is 5.73 Å². The van der Waals surface area contributed by atoms with Gasteiger partial charge in [-0.25, -0.2) is 14.7 Å². The topological polar surface area (TPSA) is 81.1 Å². The predicted octanol–water partition coefficient (Wildman–Crippen LogP) is 1.12. The van der Waals surface area contributed by atoms with E-state index in [0.29, 0.717) is 18.5 Å². The third-order valence-electron chi connectivity index (χ3n) is 2.39. The molecule has 0 amide bonds. The quantitative estimate of drug-likeness (QED) is 0.473. The van der Waals surface area contributed by atoms with Crippen LogP contribution in [0.2, 0.25) is 0 Å². The molecule has 1 unspecified atom stereocenters. The van der Waals surface area contributed by atoms with Crippen molar-refractivity contribution < 1.29 is 0 Å². The third-order valence-corrected chi connectivity index (χ3v) is 2.39. The van der Waals surface area contributed by atoms with Gasteiger partial charge in [-0.2, -0.15) is 5.10 Å². The second kappa shape index (κ2) is 8.26. The minimum Gasteiger partial charge on any atom is -0.370 e. The molecular weight excluding hydrogens is 331 g/mol. The molecule has 1 aromatic heterocycles. The molecule has 0 aliphatic rings. The Kier molecular flexibility index (Phi) is 7.85. The van der Waals surface area contributed by atoms with Crippen LogP contribution < -0.4 is 11.1 Å². The summed E-state index contributed by atoms with van der Waals surface area (Å²) < 4.78 is 1.81. The highest BCUT2D eigenvalue weighted by Crippen LogP contribution is 1.96. The van der Waals surface area contributed by atoms with Gasteiger partial charge < -0.3 is 11.1 Å². The molecule has 0 saturated carbocycles. The lowest BCUT2D eigenvalue weighted by Crippen LogP contribution is -2.38. The molecule has 1 rings (SSSR count). The number of hydrogen-bond acceptors (Lipinski definition) is 3. The predicted molar refractivity (Wildman–Crippen MR) is 79.3 cm³/mol. The van der Waals surface area contributed by atoms with E-state index in [1.807, 2.05) is 6.92 Å². The molecule has 0 aliphatic carbocycles. The first-order valence-electron chi connectivity index (χ1n) is 5.60. The molecule has 0 aliphatic heterocycles. The minimum atomic E-state index is 0. The van der Waals surface area contributed by atoms with Crippen LogP contribution in [-0.2, 0) is 13.1 Å². The molecule has 0 saturated heterocycles. The van der Waals surface area contributed by atoms with Gasteiger partial charge in [0.05, 0.1) is 0 Å². The molecule has 17 heavy (non-hydrogen) atoms. The summed E-state index contributed by atoms with van der Waals surface area (Å²) in [6, 6.07) is 0.341. The maximum atomic E-state index is 5.74. The SMILES string of the molecule is CCC(C)NC(N)=NCc1ncnn1CC.I. The maximum Gasteiger partial charge on any atom is 0.189 e. The molecule has 0 bridgehead atoms. The Labute approximate surface area is 119 Å². The van der Waals surface area contributed by atoms with Crippen molar-refractivity contribution in [3.63, 3.8) is 0 Å². The molecule has 3 N–H and O–H groups in total. The number of aryl methyl sites for hydroxylation is 1. The Hall–Kier alpha value is -0.860. The smallest absolute Gasteiger partial charge is 0.189 e. The summed E-state index contributed by atoms with van der Waals surface area (Å²) in [6.07, 6.45) is 2.55. The van der Waals surface area contributed by atoms with Gasteiger partial charge in [0.25, 0.3) is 0 Å². The maximum absolute atomic E-state index is 5.74.